The minimum absolute atomic E-state index is 0.105. The molecule has 0 saturated carbocycles. The third-order valence-corrected chi connectivity index (χ3v) is 4.06. The zero-order chi connectivity index (χ0) is 15.5. The predicted molar refractivity (Wildman–Crippen MR) is 85.2 cm³/mol. The monoisotopic (exact) mass is 297 g/mol. The van der Waals surface area contributed by atoms with E-state index in [1.807, 2.05) is 18.2 Å². The second-order valence-electron chi connectivity index (χ2n) is 5.56. The molecule has 3 rings (SSSR count). The molecule has 22 heavy (non-hydrogen) atoms. The summed E-state index contributed by atoms with van der Waals surface area (Å²) in [6, 6.07) is 13.6. The van der Waals surface area contributed by atoms with Gasteiger partial charge in [-0.25, -0.2) is 9.78 Å². The number of carboxylic acids is 1. The number of hydrogen-bond acceptors (Lipinski definition) is 4. The molecule has 1 aliphatic rings. The van der Waals surface area contributed by atoms with Crippen LogP contribution in [0.4, 0.5) is 5.82 Å². The van der Waals surface area contributed by atoms with E-state index in [2.05, 4.69) is 34.0 Å². The van der Waals surface area contributed by atoms with Gasteiger partial charge in [-0.3, -0.25) is 0 Å². The van der Waals surface area contributed by atoms with Gasteiger partial charge in [-0.15, -0.1) is 0 Å². The lowest BCUT2D eigenvalue weighted by atomic mass is 10.0. The van der Waals surface area contributed by atoms with Gasteiger partial charge in [0.25, 0.3) is 0 Å². The maximum absolute atomic E-state index is 11.5. The molecule has 0 aliphatic carbocycles. The van der Waals surface area contributed by atoms with Gasteiger partial charge in [0.1, 0.15) is 11.4 Å². The van der Waals surface area contributed by atoms with Crippen LogP contribution in [0.5, 0.6) is 0 Å². The van der Waals surface area contributed by atoms with Crippen molar-refractivity contribution in [3.63, 3.8) is 0 Å². The molecule has 1 aromatic carbocycles. The summed E-state index contributed by atoms with van der Waals surface area (Å²) in [5.41, 5.74) is 1.43. The number of carboxylic acid groups (broad SMARTS) is 1. The lowest BCUT2D eigenvalue weighted by Gasteiger charge is -2.41. The van der Waals surface area contributed by atoms with Crippen molar-refractivity contribution in [2.45, 2.75) is 6.04 Å². The van der Waals surface area contributed by atoms with Crippen molar-refractivity contribution in [1.29, 1.82) is 0 Å². The van der Waals surface area contributed by atoms with Crippen molar-refractivity contribution in [3.8, 4) is 0 Å². The number of aromatic nitrogens is 1. The molecule has 1 N–H and O–H groups in total. The van der Waals surface area contributed by atoms with Gasteiger partial charge in [0, 0.05) is 25.8 Å². The van der Waals surface area contributed by atoms with Gasteiger partial charge in [-0.05, 0) is 24.7 Å². The average molecular weight is 297 g/mol. The predicted octanol–water partition coefficient (Wildman–Crippen LogP) is 2.27. The van der Waals surface area contributed by atoms with Crippen LogP contribution in [0.1, 0.15) is 22.0 Å². The number of benzene rings is 1. The van der Waals surface area contributed by atoms with E-state index < -0.39 is 5.97 Å². The Balaban J connectivity index is 2.02. The Morgan fingerprint density at radius 3 is 2.68 bits per heavy atom. The number of rotatable bonds is 3. The molecule has 1 atom stereocenters. The molecule has 0 radical (unpaired) electrons. The molecule has 1 aromatic heterocycles. The Hall–Kier alpha value is -2.40. The zero-order valence-electron chi connectivity index (χ0n) is 12.5. The average Bonchev–Trinajstić information content (AvgIpc) is 2.55. The standard InChI is InChI=1S/C17H19N3O2/c1-19-10-11-20(15(12-19)13-6-3-2-4-7-13)16-14(17(21)22)8-5-9-18-16/h2-9,15H,10-12H2,1H3,(H,21,22). The van der Waals surface area contributed by atoms with E-state index in [0.717, 1.165) is 19.6 Å². The minimum Gasteiger partial charge on any atom is -0.478 e. The molecular formula is C17H19N3O2. The van der Waals surface area contributed by atoms with Crippen LogP contribution >= 0.6 is 0 Å². The van der Waals surface area contributed by atoms with Crippen LogP contribution in [0.2, 0.25) is 0 Å². The van der Waals surface area contributed by atoms with Gasteiger partial charge in [0.2, 0.25) is 0 Å². The molecule has 2 heterocycles. The first-order valence-corrected chi connectivity index (χ1v) is 7.35. The smallest absolute Gasteiger partial charge is 0.339 e. The van der Waals surface area contributed by atoms with E-state index in [4.69, 9.17) is 0 Å². The van der Waals surface area contributed by atoms with E-state index in [1.165, 1.54) is 5.56 Å². The van der Waals surface area contributed by atoms with Gasteiger partial charge in [-0.2, -0.15) is 0 Å². The fourth-order valence-electron chi connectivity index (χ4n) is 2.93. The Bertz CT molecular complexity index is 660. The summed E-state index contributed by atoms with van der Waals surface area (Å²) in [7, 11) is 2.09. The van der Waals surface area contributed by atoms with E-state index in [9.17, 15) is 9.90 Å². The van der Waals surface area contributed by atoms with Crippen molar-refractivity contribution >= 4 is 11.8 Å². The number of carbonyl (C=O) groups is 1. The Kier molecular flexibility index (Phi) is 4.06. The van der Waals surface area contributed by atoms with Crippen molar-refractivity contribution in [1.82, 2.24) is 9.88 Å². The minimum atomic E-state index is -0.936. The number of anilines is 1. The topological polar surface area (TPSA) is 56.7 Å². The fourth-order valence-corrected chi connectivity index (χ4v) is 2.93. The van der Waals surface area contributed by atoms with E-state index >= 15 is 0 Å². The van der Waals surface area contributed by atoms with Gasteiger partial charge in [0.15, 0.2) is 0 Å². The molecule has 1 fully saturated rings. The highest BCUT2D eigenvalue weighted by Gasteiger charge is 2.30. The number of nitrogens with zero attached hydrogens (tertiary/aromatic N) is 3. The first-order chi connectivity index (χ1) is 10.7. The largest absolute Gasteiger partial charge is 0.478 e. The summed E-state index contributed by atoms with van der Waals surface area (Å²) in [5, 5.41) is 9.43. The molecule has 1 saturated heterocycles. The SMILES string of the molecule is CN1CCN(c2ncccc2C(=O)O)C(c2ccccc2)C1. The first-order valence-electron chi connectivity index (χ1n) is 7.35. The number of pyridine rings is 1. The number of aromatic carboxylic acids is 1. The summed E-state index contributed by atoms with van der Waals surface area (Å²) in [6.07, 6.45) is 1.65. The highest BCUT2D eigenvalue weighted by atomic mass is 16.4. The molecule has 1 unspecified atom stereocenters. The molecule has 5 nitrogen and oxygen atoms in total. The van der Waals surface area contributed by atoms with E-state index in [0.29, 0.717) is 5.82 Å². The van der Waals surface area contributed by atoms with Crippen LogP contribution in [-0.4, -0.2) is 47.6 Å². The Morgan fingerprint density at radius 2 is 1.95 bits per heavy atom. The van der Waals surface area contributed by atoms with Gasteiger partial charge in [0.05, 0.1) is 6.04 Å². The van der Waals surface area contributed by atoms with Crippen LogP contribution < -0.4 is 4.90 Å². The second-order valence-corrected chi connectivity index (χ2v) is 5.56. The Morgan fingerprint density at radius 1 is 1.18 bits per heavy atom. The highest BCUT2D eigenvalue weighted by Crippen LogP contribution is 2.31. The van der Waals surface area contributed by atoms with Crippen molar-refractivity contribution < 1.29 is 9.90 Å². The number of likely N-dealkylation sites (N-methyl/N-ethyl adjacent to an activating group) is 1. The molecule has 2 aromatic rings. The molecule has 5 heteroatoms. The third-order valence-electron chi connectivity index (χ3n) is 4.06. The van der Waals surface area contributed by atoms with Gasteiger partial charge < -0.3 is 14.9 Å². The van der Waals surface area contributed by atoms with Crippen molar-refractivity contribution in [2.75, 3.05) is 31.6 Å². The van der Waals surface area contributed by atoms with E-state index in [-0.39, 0.29) is 11.6 Å². The van der Waals surface area contributed by atoms with Gasteiger partial charge in [-0.1, -0.05) is 30.3 Å². The van der Waals surface area contributed by atoms with Crippen LogP contribution in [0.3, 0.4) is 0 Å². The molecule has 0 amide bonds. The van der Waals surface area contributed by atoms with Crippen molar-refractivity contribution in [2.24, 2.45) is 0 Å². The van der Waals surface area contributed by atoms with E-state index in [1.54, 1.807) is 18.3 Å². The van der Waals surface area contributed by atoms with Crippen LogP contribution in [0.15, 0.2) is 48.7 Å². The summed E-state index contributed by atoms with van der Waals surface area (Å²) in [5.74, 6) is -0.384. The quantitative estimate of drug-likeness (QED) is 0.942. The summed E-state index contributed by atoms with van der Waals surface area (Å²) in [6.45, 7) is 2.49. The molecular weight excluding hydrogens is 278 g/mol. The Labute approximate surface area is 129 Å². The lowest BCUT2D eigenvalue weighted by molar-refractivity contribution is 0.0696. The maximum atomic E-state index is 11.5. The maximum Gasteiger partial charge on any atom is 0.339 e. The molecule has 0 bridgehead atoms. The zero-order valence-corrected chi connectivity index (χ0v) is 12.5. The number of piperazine rings is 1. The van der Waals surface area contributed by atoms with Crippen LogP contribution in [0, 0.1) is 0 Å². The molecule has 114 valence electrons. The van der Waals surface area contributed by atoms with Crippen LogP contribution in [0.25, 0.3) is 0 Å². The second kappa shape index (κ2) is 6.15. The number of hydrogen-bond donors (Lipinski definition) is 1. The normalized spacial score (nSPS) is 19.1. The van der Waals surface area contributed by atoms with Gasteiger partial charge >= 0.3 is 5.97 Å². The van der Waals surface area contributed by atoms with Crippen molar-refractivity contribution in [3.05, 3.63) is 59.8 Å². The summed E-state index contributed by atoms with van der Waals surface area (Å²) in [4.78, 5) is 20.2. The summed E-state index contributed by atoms with van der Waals surface area (Å²) >= 11 is 0. The first kappa shape index (κ1) is 14.5. The van der Waals surface area contributed by atoms with Crippen LogP contribution in [-0.2, 0) is 0 Å². The fraction of sp³-hybridized carbons (Fsp3) is 0.294. The lowest BCUT2D eigenvalue weighted by Crippen LogP contribution is -2.47. The highest BCUT2D eigenvalue weighted by molar-refractivity contribution is 5.93. The summed E-state index contributed by atoms with van der Waals surface area (Å²) < 4.78 is 0. The molecule has 1 aliphatic heterocycles. The molecule has 0 spiro atoms. The third kappa shape index (κ3) is 2.80.